The van der Waals surface area contributed by atoms with Crippen LogP contribution < -0.4 is 15.3 Å². The molecule has 0 fully saturated rings. The molecule has 0 aliphatic heterocycles. The van der Waals surface area contributed by atoms with Crippen molar-refractivity contribution in [3.8, 4) is 0 Å². The minimum atomic E-state index is 0. The quantitative estimate of drug-likeness (QED) is 0.650. The van der Waals surface area contributed by atoms with E-state index in [0.717, 1.165) is 38.5 Å². The molecule has 4 heteroatoms. The number of hydrogen-bond acceptors (Lipinski definition) is 3. The molecule has 0 aromatic carbocycles. The molecule has 0 aromatic heterocycles. The molecule has 0 unspecified atom stereocenters. The maximum Gasteiger partial charge on any atom is 3.00 e. The van der Waals surface area contributed by atoms with Gasteiger partial charge in [-0.05, 0) is 0 Å². The Labute approximate surface area is 113 Å². The zero-order valence-electron chi connectivity index (χ0n) is 11.0. The maximum absolute atomic E-state index is 9.53. The maximum atomic E-state index is 9.53. The minimum absolute atomic E-state index is 0. The van der Waals surface area contributed by atoms with E-state index in [1.54, 1.807) is 0 Å². The van der Waals surface area contributed by atoms with Crippen LogP contribution in [0.15, 0.2) is 0 Å². The van der Waals surface area contributed by atoms with Crippen LogP contribution >= 0.6 is 0 Å². The first-order valence-corrected chi connectivity index (χ1v) is 5.99. The molecule has 0 bridgehead atoms. The first kappa shape index (κ1) is 25.3. The molecule has 0 saturated carbocycles. The third-order valence-corrected chi connectivity index (χ3v) is 1.49. The Balaban J connectivity index is -0.0000000655. The van der Waals surface area contributed by atoms with Crippen molar-refractivity contribution in [1.29, 1.82) is 0 Å². The molecule has 0 spiro atoms. The van der Waals surface area contributed by atoms with Crippen LogP contribution in [0.3, 0.4) is 0 Å². The molecular weight excluding hydrogens is 267 g/mol. The summed E-state index contributed by atoms with van der Waals surface area (Å²) in [6, 6.07) is 0. The Morgan fingerprint density at radius 1 is 0.562 bits per heavy atom. The fraction of sp³-hybridized carbons (Fsp3) is 1.00. The monoisotopic (exact) mass is 294 g/mol. The van der Waals surface area contributed by atoms with E-state index in [-0.39, 0.29) is 37.8 Å². The van der Waals surface area contributed by atoms with E-state index in [1.807, 2.05) is 20.8 Å². The van der Waals surface area contributed by atoms with Crippen molar-refractivity contribution in [2.45, 2.75) is 59.3 Å². The molecule has 0 N–H and O–H groups in total. The van der Waals surface area contributed by atoms with Crippen molar-refractivity contribution < 1.29 is 15.3 Å². The van der Waals surface area contributed by atoms with E-state index in [4.69, 9.17) is 0 Å². The summed E-state index contributed by atoms with van der Waals surface area (Å²) >= 11 is 0. The average Bonchev–Trinajstić information content (AvgIpc) is 2.23. The van der Waals surface area contributed by atoms with Crippen LogP contribution in [0.1, 0.15) is 59.3 Å². The molecule has 0 heterocycles. The van der Waals surface area contributed by atoms with Crippen LogP contribution in [0.5, 0.6) is 0 Å². The first-order chi connectivity index (χ1) is 7.24. The summed E-state index contributed by atoms with van der Waals surface area (Å²) in [5, 5.41) is 28.6. The second-order valence-electron chi connectivity index (χ2n) is 3.17. The van der Waals surface area contributed by atoms with E-state index in [9.17, 15) is 15.3 Å². The summed E-state index contributed by atoms with van der Waals surface area (Å²) in [5.41, 5.74) is 0. The summed E-state index contributed by atoms with van der Waals surface area (Å²) in [6.07, 6.45) is 5.59. The fourth-order valence-corrected chi connectivity index (χ4v) is 0.433. The molecule has 98 valence electrons. The van der Waals surface area contributed by atoms with Gasteiger partial charge >= 0.3 is 18.0 Å². The Morgan fingerprint density at radius 3 is 0.750 bits per heavy atom. The third kappa shape index (κ3) is 62.9. The van der Waals surface area contributed by atoms with Gasteiger partial charge in [0.1, 0.15) is 0 Å². The van der Waals surface area contributed by atoms with Crippen molar-refractivity contribution in [1.82, 2.24) is 0 Å². The zero-order valence-corrected chi connectivity index (χ0v) is 12.9. The van der Waals surface area contributed by atoms with Crippen LogP contribution in [0.2, 0.25) is 0 Å². The van der Waals surface area contributed by atoms with E-state index in [0.29, 0.717) is 0 Å². The predicted octanol–water partition coefficient (Wildman–Crippen LogP) is 0.0596. The number of hydrogen-bond donors (Lipinski definition) is 0. The SMILES string of the molecule is CCCC[O-].CCCC[O-].CCCC[O-].[As+3]. The average molecular weight is 294 g/mol. The molecule has 0 saturated heterocycles. The normalized spacial score (nSPS) is 7.88. The molecule has 0 rings (SSSR count). The molecule has 0 atom stereocenters. The minimum Gasteiger partial charge on any atom is -0.854 e. The van der Waals surface area contributed by atoms with Gasteiger partial charge in [0, 0.05) is 0 Å². The molecular formula is C12H27AsO3. The van der Waals surface area contributed by atoms with E-state index in [2.05, 4.69) is 0 Å². The second-order valence-corrected chi connectivity index (χ2v) is 3.17. The van der Waals surface area contributed by atoms with Crippen molar-refractivity contribution in [2.24, 2.45) is 0 Å². The third-order valence-electron chi connectivity index (χ3n) is 1.49. The van der Waals surface area contributed by atoms with Crippen LogP contribution in [0.4, 0.5) is 0 Å². The van der Waals surface area contributed by atoms with Crippen molar-refractivity contribution in [3.05, 3.63) is 0 Å². The van der Waals surface area contributed by atoms with Gasteiger partial charge in [-0.3, -0.25) is 0 Å². The van der Waals surface area contributed by atoms with Gasteiger partial charge in [-0.2, -0.15) is 0 Å². The summed E-state index contributed by atoms with van der Waals surface area (Å²) in [6.45, 7) is 6.32. The molecule has 0 aliphatic rings. The predicted molar refractivity (Wildman–Crippen MR) is 65.1 cm³/mol. The summed E-state index contributed by atoms with van der Waals surface area (Å²) in [5.74, 6) is 0. The number of rotatable bonds is 6. The standard InChI is InChI=1S/3C4H9O.As/c3*1-2-3-4-5;/h3*2-4H2,1H3;/q3*-1;+3. The molecule has 16 heavy (non-hydrogen) atoms. The van der Waals surface area contributed by atoms with Crippen LogP contribution in [0, 0.1) is 0 Å². The Morgan fingerprint density at radius 2 is 0.750 bits per heavy atom. The molecule has 0 aliphatic carbocycles. The molecule has 3 nitrogen and oxygen atoms in total. The van der Waals surface area contributed by atoms with Gasteiger partial charge in [0.15, 0.2) is 0 Å². The van der Waals surface area contributed by atoms with Gasteiger partial charge in [-0.15, -0.1) is 19.8 Å². The Hall–Kier alpha value is 0.438. The summed E-state index contributed by atoms with van der Waals surface area (Å²) < 4.78 is 0. The van der Waals surface area contributed by atoms with Crippen LogP contribution in [-0.2, 0) is 0 Å². The summed E-state index contributed by atoms with van der Waals surface area (Å²) in [4.78, 5) is 0. The van der Waals surface area contributed by atoms with Crippen molar-refractivity contribution in [2.75, 3.05) is 19.8 Å². The van der Waals surface area contributed by atoms with Gasteiger partial charge in [-0.1, -0.05) is 59.3 Å². The van der Waals surface area contributed by atoms with Gasteiger partial charge in [0.2, 0.25) is 0 Å². The first-order valence-electron chi connectivity index (χ1n) is 5.99. The van der Waals surface area contributed by atoms with Gasteiger partial charge in [-0.25, -0.2) is 0 Å². The molecule has 0 aromatic rings. The Kier molecular flexibility index (Phi) is 57.2. The molecule has 0 amide bonds. The van der Waals surface area contributed by atoms with Gasteiger partial charge in [0.25, 0.3) is 0 Å². The topological polar surface area (TPSA) is 69.2 Å². The smallest absolute Gasteiger partial charge is 0.854 e. The second kappa shape index (κ2) is 36.1. The van der Waals surface area contributed by atoms with Gasteiger partial charge < -0.3 is 15.3 Å². The van der Waals surface area contributed by atoms with Crippen molar-refractivity contribution >= 4 is 18.0 Å². The van der Waals surface area contributed by atoms with E-state index in [1.165, 1.54) is 0 Å². The Bertz CT molecular complexity index is 53.0. The van der Waals surface area contributed by atoms with Crippen molar-refractivity contribution in [3.63, 3.8) is 0 Å². The fourth-order valence-electron chi connectivity index (χ4n) is 0.433. The van der Waals surface area contributed by atoms with Crippen LogP contribution in [0.25, 0.3) is 0 Å². The van der Waals surface area contributed by atoms with E-state index >= 15 is 0 Å². The molecule has 2 radical (unpaired) electrons. The van der Waals surface area contributed by atoms with Gasteiger partial charge in [0.05, 0.1) is 0 Å². The summed E-state index contributed by atoms with van der Waals surface area (Å²) in [7, 11) is 0. The zero-order chi connectivity index (χ0) is 12.4. The van der Waals surface area contributed by atoms with Crippen LogP contribution in [-0.4, -0.2) is 37.8 Å². The largest absolute Gasteiger partial charge is 3.00 e. The number of unbranched alkanes of at least 4 members (excludes halogenated alkanes) is 3. The van der Waals surface area contributed by atoms with E-state index < -0.39 is 0 Å².